The van der Waals surface area contributed by atoms with Gasteiger partial charge in [-0.1, -0.05) is 12.1 Å². The van der Waals surface area contributed by atoms with Crippen LogP contribution in [0.25, 0.3) is 6.08 Å². The first kappa shape index (κ1) is 16.6. The van der Waals surface area contributed by atoms with Gasteiger partial charge in [-0.05, 0) is 42.0 Å². The summed E-state index contributed by atoms with van der Waals surface area (Å²) in [5, 5.41) is 0. The highest BCUT2D eigenvalue weighted by Gasteiger charge is 2.33. The van der Waals surface area contributed by atoms with Crippen LogP contribution in [0.4, 0.5) is 0 Å². The topological polar surface area (TPSA) is 64.5 Å². The van der Waals surface area contributed by atoms with Gasteiger partial charge in [-0.15, -0.1) is 0 Å². The number of aromatic nitrogens is 2. The first-order valence-corrected chi connectivity index (χ1v) is 9.03. The summed E-state index contributed by atoms with van der Waals surface area (Å²) < 4.78 is 11.9. The molecule has 0 saturated carbocycles. The van der Waals surface area contributed by atoms with Gasteiger partial charge in [0.25, 0.3) is 0 Å². The Labute approximate surface area is 162 Å². The number of ether oxygens (including phenoxy) is 2. The largest absolute Gasteiger partial charge is 0.478 e. The number of allylic oxidation sites excluding steroid dienone is 1. The second kappa shape index (κ2) is 6.90. The monoisotopic (exact) mass is 371 g/mol. The Bertz CT molecular complexity index is 1070. The molecule has 2 aromatic heterocycles. The number of hydrogen-bond donors (Lipinski definition) is 0. The van der Waals surface area contributed by atoms with Crippen LogP contribution in [0, 0.1) is 0 Å². The van der Waals surface area contributed by atoms with E-state index in [4.69, 9.17) is 9.47 Å². The first-order chi connectivity index (χ1) is 13.8. The summed E-state index contributed by atoms with van der Waals surface area (Å²) >= 11 is 0. The van der Waals surface area contributed by atoms with E-state index >= 15 is 0 Å². The van der Waals surface area contributed by atoms with Crippen molar-refractivity contribution in [3.63, 3.8) is 0 Å². The second-order valence-corrected chi connectivity index (χ2v) is 6.73. The molecule has 5 rings (SSSR count). The van der Waals surface area contributed by atoms with Crippen LogP contribution in [0.3, 0.4) is 0 Å². The normalized spacial score (nSPS) is 17.0. The van der Waals surface area contributed by atoms with Crippen molar-refractivity contribution in [1.29, 1.82) is 0 Å². The Morgan fingerprint density at radius 3 is 2.89 bits per heavy atom. The van der Waals surface area contributed by atoms with Gasteiger partial charge in [0.2, 0.25) is 5.78 Å². The fourth-order valence-corrected chi connectivity index (χ4v) is 3.44. The molecule has 6 heteroatoms. The number of nitrogens with zero attached hydrogens (tertiary/aromatic N) is 3. The van der Waals surface area contributed by atoms with Gasteiger partial charge >= 0.3 is 0 Å². The molecule has 2 aliphatic heterocycles. The minimum Gasteiger partial charge on any atom is -0.478 e. The molecule has 2 aliphatic rings. The Morgan fingerprint density at radius 2 is 2.07 bits per heavy atom. The predicted octanol–water partition coefficient (Wildman–Crippen LogP) is 3.44. The van der Waals surface area contributed by atoms with Gasteiger partial charge in [0.05, 0.1) is 16.8 Å². The summed E-state index contributed by atoms with van der Waals surface area (Å²) in [5.41, 5.74) is 3.25. The molecule has 0 unspecified atom stereocenters. The molecule has 3 aromatic rings. The summed E-state index contributed by atoms with van der Waals surface area (Å²) in [7, 11) is 0. The van der Waals surface area contributed by atoms with Crippen molar-refractivity contribution in [2.45, 2.75) is 13.1 Å². The highest BCUT2D eigenvalue weighted by molar-refractivity contribution is 6.15. The molecule has 0 N–H and O–H groups in total. The van der Waals surface area contributed by atoms with E-state index in [1.165, 1.54) is 0 Å². The molecule has 0 fully saturated rings. The molecular formula is C22H17N3O3. The molecular weight excluding hydrogens is 354 g/mol. The molecule has 0 spiro atoms. The summed E-state index contributed by atoms with van der Waals surface area (Å²) in [6.45, 7) is 1.76. The van der Waals surface area contributed by atoms with E-state index in [2.05, 4.69) is 14.9 Å². The van der Waals surface area contributed by atoms with Crippen molar-refractivity contribution >= 4 is 11.9 Å². The lowest BCUT2D eigenvalue weighted by atomic mass is 10.0. The minimum absolute atomic E-state index is 0.122. The highest BCUT2D eigenvalue weighted by Crippen LogP contribution is 2.42. The molecule has 1 aromatic carbocycles. The van der Waals surface area contributed by atoms with Crippen molar-refractivity contribution in [2.75, 3.05) is 6.73 Å². The average Bonchev–Trinajstić information content (AvgIpc) is 3.05. The van der Waals surface area contributed by atoms with E-state index in [1.54, 1.807) is 30.7 Å². The van der Waals surface area contributed by atoms with Crippen molar-refractivity contribution in [1.82, 2.24) is 14.9 Å². The quantitative estimate of drug-likeness (QED) is 0.657. The van der Waals surface area contributed by atoms with Gasteiger partial charge in [-0.2, -0.15) is 0 Å². The lowest BCUT2D eigenvalue weighted by Crippen LogP contribution is -2.32. The maximum Gasteiger partial charge on any atom is 0.231 e. The molecule has 138 valence electrons. The Balaban J connectivity index is 1.44. The van der Waals surface area contributed by atoms with E-state index in [9.17, 15) is 4.79 Å². The van der Waals surface area contributed by atoms with Crippen LogP contribution in [0.15, 0.2) is 66.8 Å². The van der Waals surface area contributed by atoms with Gasteiger partial charge in [-0.25, -0.2) is 0 Å². The highest BCUT2D eigenvalue weighted by atomic mass is 16.5. The first-order valence-electron chi connectivity index (χ1n) is 9.03. The second-order valence-electron chi connectivity index (χ2n) is 6.73. The van der Waals surface area contributed by atoms with Crippen LogP contribution in [0.2, 0.25) is 0 Å². The van der Waals surface area contributed by atoms with E-state index in [-0.39, 0.29) is 5.78 Å². The smallest absolute Gasteiger partial charge is 0.231 e. The number of Topliss-reactive ketones (excluding diaryl/α,β-unsaturated/α-hetero) is 1. The van der Waals surface area contributed by atoms with Gasteiger partial charge in [0.15, 0.2) is 5.76 Å². The number of ketones is 1. The number of hydrogen-bond acceptors (Lipinski definition) is 6. The molecule has 6 nitrogen and oxygen atoms in total. The summed E-state index contributed by atoms with van der Waals surface area (Å²) in [6, 6.07) is 13.2. The van der Waals surface area contributed by atoms with Crippen LogP contribution >= 0.6 is 0 Å². The summed E-state index contributed by atoms with van der Waals surface area (Å²) in [6.07, 6.45) is 6.89. The van der Waals surface area contributed by atoms with Crippen LogP contribution in [-0.4, -0.2) is 27.4 Å². The lowest BCUT2D eigenvalue weighted by molar-refractivity contribution is 0.0861. The fraction of sp³-hybridized carbons (Fsp3) is 0.136. The van der Waals surface area contributed by atoms with Crippen LogP contribution in [-0.2, 0) is 13.1 Å². The summed E-state index contributed by atoms with van der Waals surface area (Å²) in [5.74, 6) is 1.52. The maximum absolute atomic E-state index is 12.8. The number of carbonyl (C=O) groups is 1. The molecule has 0 amide bonds. The third-order valence-corrected chi connectivity index (χ3v) is 4.78. The fourth-order valence-electron chi connectivity index (χ4n) is 3.44. The van der Waals surface area contributed by atoms with Crippen LogP contribution in [0.5, 0.6) is 11.5 Å². The molecule has 0 aliphatic carbocycles. The van der Waals surface area contributed by atoms with Gasteiger partial charge < -0.3 is 9.47 Å². The molecule has 4 heterocycles. The zero-order chi connectivity index (χ0) is 18.9. The van der Waals surface area contributed by atoms with Crippen molar-refractivity contribution in [3.05, 3.63) is 89.2 Å². The number of rotatable bonds is 3. The maximum atomic E-state index is 12.8. The van der Waals surface area contributed by atoms with E-state index in [0.717, 1.165) is 22.6 Å². The van der Waals surface area contributed by atoms with Crippen molar-refractivity contribution < 1.29 is 14.3 Å². The van der Waals surface area contributed by atoms with Gasteiger partial charge in [0.1, 0.15) is 18.2 Å². The zero-order valence-electron chi connectivity index (χ0n) is 15.0. The minimum atomic E-state index is -0.122. The Hall–Kier alpha value is -3.51. The summed E-state index contributed by atoms with van der Waals surface area (Å²) in [4.78, 5) is 23.4. The number of benzene rings is 1. The van der Waals surface area contributed by atoms with Crippen molar-refractivity contribution in [2.24, 2.45) is 0 Å². The molecule has 28 heavy (non-hydrogen) atoms. The zero-order valence-corrected chi connectivity index (χ0v) is 15.0. The van der Waals surface area contributed by atoms with E-state index in [1.807, 2.05) is 36.4 Å². The number of pyridine rings is 2. The number of fused-ring (bicyclic) bond motifs is 3. The number of carbonyl (C=O) groups excluding carboxylic acids is 1. The Morgan fingerprint density at radius 1 is 1.11 bits per heavy atom. The van der Waals surface area contributed by atoms with Crippen molar-refractivity contribution in [3.8, 4) is 11.5 Å². The molecule has 0 saturated heterocycles. The lowest BCUT2D eigenvalue weighted by Gasteiger charge is -2.29. The van der Waals surface area contributed by atoms with E-state index in [0.29, 0.717) is 36.9 Å². The predicted molar refractivity (Wildman–Crippen MR) is 103 cm³/mol. The Kier molecular flexibility index (Phi) is 4.10. The molecule has 0 atom stereocenters. The average molecular weight is 371 g/mol. The van der Waals surface area contributed by atoms with Crippen LogP contribution < -0.4 is 9.47 Å². The third-order valence-electron chi connectivity index (χ3n) is 4.78. The molecule has 0 radical (unpaired) electrons. The molecule has 0 bridgehead atoms. The standard InChI is InChI=1S/C22H17N3O3/c26-21-17-6-7-19-18(13-25(14-27-19)12-16-5-1-2-9-24-16)22(17)28-20(21)10-15-4-3-8-23-11-15/h1-11H,12-14H2/b20-10-. The van der Waals surface area contributed by atoms with Gasteiger partial charge in [-0.3, -0.25) is 19.7 Å². The van der Waals surface area contributed by atoms with E-state index < -0.39 is 0 Å². The van der Waals surface area contributed by atoms with Gasteiger partial charge in [0, 0.05) is 31.7 Å². The third kappa shape index (κ3) is 3.04. The van der Waals surface area contributed by atoms with Crippen LogP contribution in [0.1, 0.15) is 27.2 Å². The SMILES string of the molecule is O=C1/C(=C/c2cccnc2)Oc2c1ccc1c2CN(Cc2ccccn2)CO1.